The number of nitrogens with zero attached hydrogens (tertiary/aromatic N) is 1. The van der Waals surface area contributed by atoms with Gasteiger partial charge in [-0.05, 0) is 36.4 Å². The third-order valence-electron chi connectivity index (χ3n) is 2.83. The topological polar surface area (TPSA) is 23.5 Å². The maximum atomic E-state index is 13.5. The standard InChI is InChI=1S/C14H13F2NO/c1-17(11-7-5-10(15)6-8-11)14-4-2-3-13(16)12(14)9-18/h2-8,18H,9H2,1H3. The first kappa shape index (κ1) is 12.5. The van der Waals surface area contributed by atoms with Gasteiger partial charge in [-0.3, -0.25) is 0 Å². The fraction of sp³-hybridized carbons (Fsp3) is 0.143. The number of rotatable bonds is 3. The molecule has 2 rings (SSSR count). The Bertz CT molecular complexity index is 540. The van der Waals surface area contributed by atoms with Gasteiger partial charge in [0, 0.05) is 24.0 Å². The van der Waals surface area contributed by atoms with Gasteiger partial charge in [0.15, 0.2) is 0 Å². The van der Waals surface area contributed by atoms with Crippen LogP contribution in [0.1, 0.15) is 5.56 Å². The zero-order valence-electron chi connectivity index (χ0n) is 9.90. The molecule has 0 atom stereocenters. The Kier molecular flexibility index (Phi) is 3.58. The molecule has 0 radical (unpaired) electrons. The minimum atomic E-state index is -0.455. The van der Waals surface area contributed by atoms with E-state index in [4.69, 9.17) is 0 Å². The first-order valence-corrected chi connectivity index (χ1v) is 5.51. The summed E-state index contributed by atoms with van der Waals surface area (Å²) < 4.78 is 26.4. The third-order valence-corrected chi connectivity index (χ3v) is 2.83. The van der Waals surface area contributed by atoms with Gasteiger partial charge in [-0.2, -0.15) is 0 Å². The molecular weight excluding hydrogens is 236 g/mol. The lowest BCUT2D eigenvalue weighted by atomic mass is 10.1. The van der Waals surface area contributed by atoms with Crippen LogP contribution in [0.5, 0.6) is 0 Å². The first-order valence-electron chi connectivity index (χ1n) is 5.51. The Morgan fingerprint density at radius 3 is 2.33 bits per heavy atom. The number of aliphatic hydroxyl groups is 1. The Morgan fingerprint density at radius 1 is 1.06 bits per heavy atom. The highest BCUT2D eigenvalue weighted by Gasteiger charge is 2.12. The van der Waals surface area contributed by atoms with Gasteiger partial charge in [0.25, 0.3) is 0 Å². The molecule has 2 aromatic rings. The van der Waals surface area contributed by atoms with Crippen molar-refractivity contribution in [2.75, 3.05) is 11.9 Å². The lowest BCUT2D eigenvalue weighted by Gasteiger charge is -2.22. The molecule has 4 heteroatoms. The summed E-state index contributed by atoms with van der Waals surface area (Å²) in [5.74, 6) is -0.780. The van der Waals surface area contributed by atoms with E-state index in [1.54, 1.807) is 36.2 Å². The van der Waals surface area contributed by atoms with E-state index in [0.29, 0.717) is 5.69 Å². The third kappa shape index (κ3) is 2.33. The lowest BCUT2D eigenvalue weighted by Crippen LogP contribution is -2.12. The molecule has 0 aliphatic carbocycles. The lowest BCUT2D eigenvalue weighted by molar-refractivity contribution is 0.276. The highest BCUT2D eigenvalue weighted by molar-refractivity contribution is 5.65. The van der Waals surface area contributed by atoms with Crippen LogP contribution >= 0.6 is 0 Å². The second-order valence-electron chi connectivity index (χ2n) is 3.93. The summed E-state index contributed by atoms with van der Waals surface area (Å²) in [5, 5.41) is 9.21. The molecule has 18 heavy (non-hydrogen) atoms. The second-order valence-corrected chi connectivity index (χ2v) is 3.93. The van der Waals surface area contributed by atoms with Crippen molar-refractivity contribution in [3.8, 4) is 0 Å². The SMILES string of the molecule is CN(c1ccc(F)cc1)c1cccc(F)c1CO. The Balaban J connectivity index is 2.42. The van der Waals surface area contributed by atoms with Crippen LogP contribution in [0, 0.1) is 11.6 Å². The van der Waals surface area contributed by atoms with Gasteiger partial charge in [0.2, 0.25) is 0 Å². The number of hydrogen-bond donors (Lipinski definition) is 1. The molecule has 0 amide bonds. The van der Waals surface area contributed by atoms with Gasteiger partial charge in [-0.15, -0.1) is 0 Å². The molecule has 0 fully saturated rings. The Hall–Kier alpha value is -1.94. The van der Waals surface area contributed by atoms with E-state index in [9.17, 15) is 13.9 Å². The smallest absolute Gasteiger partial charge is 0.130 e. The van der Waals surface area contributed by atoms with E-state index in [1.165, 1.54) is 18.2 Å². The molecule has 0 saturated carbocycles. The highest BCUT2D eigenvalue weighted by Crippen LogP contribution is 2.28. The van der Waals surface area contributed by atoms with E-state index in [2.05, 4.69) is 0 Å². The molecule has 0 aliphatic rings. The van der Waals surface area contributed by atoms with Crippen LogP contribution in [-0.2, 0) is 6.61 Å². The van der Waals surface area contributed by atoms with Crippen molar-refractivity contribution in [3.63, 3.8) is 0 Å². The van der Waals surface area contributed by atoms with Gasteiger partial charge in [0.05, 0.1) is 6.61 Å². The molecule has 0 aliphatic heterocycles. The minimum absolute atomic E-state index is 0.226. The molecule has 0 heterocycles. The van der Waals surface area contributed by atoms with E-state index in [1.807, 2.05) is 0 Å². The molecule has 2 nitrogen and oxygen atoms in total. The predicted molar refractivity (Wildman–Crippen MR) is 66.8 cm³/mol. The summed E-state index contributed by atoms with van der Waals surface area (Å²) >= 11 is 0. The van der Waals surface area contributed by atoms with E-state index >= 15 is 0 Å². The van der Waals surface area contributed by atoms with Gasteiger partial charge in [0.1, 0.15) is 11.6 Å². The molecule has 0 saturated heterocycles. The van der Waals surface area contributed by atoms with Crippen LogP contribution in [0.4, 0.5) is 20.2 Å². The van der Waals surface area contributed by atoms with Crippen LogP contribution in [0.15, 0.2) is 42.5 Å². The molecule has 0 aromatic heterocycles. The highest BCUT2D eigenvalue weighted by atomic mass is 19.1. The molecule has 0 unspecified atom stereocenters. The zero-order valence-corrected chi connectivity index (χ0v) is 9.90. The van der Waals surface area contributed by atoms with Crippen LogP contribution in [0.2, 0.25) is 0 Å². The summed E-state index contributed by atoms with van der Waals surface area (Å²) in [4.78, 5) is 1.70. The van der Waals surface area contributed by atoms with Crippen molar-refractivity contribution in [1.29, 1.82) is 0 Å². The average Bonchev–Trinajstić information content (AvgIpc) is 2.38. The van der Waals surface area contributed by atoms with Crippen molar-refractivity contribution in [3.05, 3.63) is 59.7 Å². The van der Waals surface area contributed by atoms with Gasteiger partial charge < -0.3 is 10.0 Å². The predicted octanol–water partition coefficient (Wildman–Crippen LogP) is 3.23. The van der Waals surface area contributed by atoms with Crippen LogP contribution in [0.25, 0.3) is 0 Å². The minimum Gasteiger partial charge on any atom is -0.391 e. The number of benzene rings is 2. The molecule has 0 bridgehead atoms. The van der Waals surface area contributed by atoms with Gasteiger partial charge >= 0.3 is 0 Å². The van der Waals surface area contributed by atoms with Gasteiger partial charge in [-0.1, -0.05) is 6.07 Å². The average molecular weight is 249 g/mol. The van der Waals surface area contributed by atoms with E-state index < -0.39 is 5.82 Å². The summed E-state index contributed by atoms with van der Waals surface area (Å²) in [6, 6.07) is 10.5. The maximum absolute atomic E-state index is 13.5. The first-order chi connectivity index (χ1) is 8.63. The monoisotopic (exact) mass is 249 g/mol. The van der Waals surface area contributed by atoms with Crippen molar-refractivity contribution in [2.45, 2.75) is 6.61 Å². The summed E-state index contributed by atoms with van der Waals surface area (Å²) in [6.07, 6.45) is 0. The van der Waals surface area contributed by atoms with E-state index in [-0.39, 0.29) is 18.0 Å². The molecule has 2 aromatic carbocycles. The summed E-state index contributed by atoms with van der Waals surface area (Å²) in [5.41, 5.74) is 1.50. The van der Waals surface area contributed by atoms with Crippen molar-refractivity contribution >= 4 is 11.4 Å². The summed E-state index contributed by atoms with van der Waals surface area (Å²) in [6.45, 7) is -0.381. The fourth-order valence-electron chi connectivity index (χ4n) is 1.82. The molecule has 1 N–H and O–H groups in total. The van der Waals surface area contributed by atoms with Gasteiger partial charge in [-0.25, -0.2) is 8.78 Å². The maximum Gasteiger partial charge on any atom is 0.130 e. The summed E-state index contributed by atoms with van der Waals surface area (Å²) in [7, 11) is 1.74. The number of hydrogen-bond acceptors (Lipinski definition) is 2. The largest absolute Gasteiger partial charge is 0.391 e. The Labute approximate surface area is 104 Å². The second kappa shape index (κ2) is 5.14. The number of halogens is 2. The van der Waals surface area contributed by atoms with Crippen LogP contribution < -0.4 is 4.90 Å². The zero-order chi connectivity index (χ0) is 13.1. The van der Waals surface area contributed by atoms with Crippen molar-refractivity contribution in [1.82, 2.24) is 0 Å². The molecule has 0 spiro atoms. The van der Waals surface area contributed by atoms with E-state index in [0.717, 1.165) is 5.69 Å². The number of aliphatic hydroxyl groups excluding tert-OH is 1. The van der Waals surface area contributed by atoms with Crippen molar-refractivity contribution in [2.24, 2.45) is 0 Å². The van der Waals surface area contributed by atoms with Crippen LogP contribution in [-0.4, -0.2) is 12.2 Å². The fourth-order valence-corrected chi connectivity index (χ4v) is 1.82. The molecule has 94 valence electrons. The van der Waals surface area contributed by atoms with Crippen LogP contribution in [0.3, 0.4) is 0 Å². The van der Waals surface area contributed by atoms with Crippen molar-refractivity contribution < 1.29 is 13.9 Å². The Morgan fingerprint density at radius 2 is 1.72 bits per heavy atom. The number of anilines is 2. The normalized spacial score (nSPS) is 10.4. The quantitative estimate of drug-likeness (QED) is 0.902. The molecular formula is C14H13F2NO.